The van der Waals surface area contributed by atoms with Crippen molar-refractivity contribution >= 4 is 18.5 Å². The molecule has 0 aromatic carbocycles. The molecule has 0 aliphatic rings. The van der Waals surface area contributed by atoms with Gasteiger partial charge in [-0.25, -0.2) is 0 Å². The van der Waals surface area contributed by atoms with E-state index in [1.165, 1.54) is 0 Å². The van der Waals surface area contributed by atoms with Gasteiger partial charge in [0, 0.05) is 6.07 Å². The molecule has 1 aromatic rings. The minimum absolute atomic E-state index is 0.114. The number of hydrogen-bond acceptors (Lipinski definition) is 4. The van der Waals surface area contributed by atoms with E-state index in [1.54, 1.807) is 13.0 Å². The second-order valence-electron chi connectivity index (χ2n) is 2.83. The summed E-state index contributed by atoms with van der Waals surface area (Å²) in [6.07, 6.45) is 0. The third-order valence-corrected chi connectivity index (χ3v) is 1.73. The molecular weight excluding hydrogens is 188 g/mol. The van der Waals surface area contributed by atoms with Gasteiger partial charge in [-0.2, -0.15) is 12.6 Å². The zero-order chi connectivity index (χ0) is 9.84. The molecule has 0 bridgehead atoms. The molecule has 1 amide bonds. The summed E-state index contributed by atoms with van der Waals surface area (Å²) in [5.41, 5.74) is 0.808. The number of aryl methyl sites for hydroxylation is 1. The van der Waals surface area contributed by atoms with Crippen molar-refractivity contribution in [3.05, 3.63) is 17.5 Å². The van der Waals surface area contributed by atoms with Crippen molar-refractivity contribution < 1.29 is 9.32 Å². The van der Waals surface area contributed by atoms with Gasteiger partial charge in [0.2, 0.25) is 5.91 Å². The van der Waals surface area contributed by atoms with Crippen molar-refractivity contribution in [3.8, 4) is 0 Å². The molecular formula is C8H12N2O2S. The van der Waals surface area contributed by atoms with Crippen molar-refractivity contribution in [3.63, 3.8) is 0 Å². The van der Waals surface area contributed by atoms with Gasteiger partial charge in [-0.1, -0.05) is 5.16 Å². The fourth-order valence-corrected chi connectivity index (χ4v) is 0.913. The number of carbonyl (C=O) groups excluding carboxylic acids is 1. The Kier molecular flexibility index (Phi) is 3.36. The zero-order valence-electron chi connectivity index (χ0n) is 7.57. The fourth-order valence-electron chi connectivity index (χ4n) is 0.822. The van der Waals surface area contributed by atoms with E-state index in [0.717, 1.165) is 5.69 Å². The summed E-state index contributed by atoms with van der Waals surface area (Å²) in [6, 6.07) is 1.78. The Bertz CT molecular complexity index is 296. The molecule has 4 nitrogen and oxygen atoms in total. The lowest BCUT2D eigenvalue weighted by Gasteiger charge is -2.03. The second-order valence-corrected chi connectivity index (χ2v) is 3.60. The number of nitrogens with zero attached hydrogens (tertiary/aromatic N) is 1. The molecule has 0 saturated carbocycles. The first kappa shape index (κ1) is 10.1. The molecule has 1 unspecified atom stereocenters. The smallest absolute Gasteiger partial charge is 0.232 e. The Morgan fingerprint density at radius 1 is 1.85 bits per heavy atom. The van der Waals surface area contributed by atoms with E-state index in [0.29, 0.717) is 12.3 Å². The van der Waals surface area contributed by atoms with Gasteiger partial charge in [0.15, 0.2) is 5.76 Å². The Hall–Kier alpha value is -0.970. The van der Waals surface area contributed by atoms with Gasteiger partial charge >= 0.3 is 0 Å². The summed E-state index contributed by atoms with van der Waals surface area (Å²) in [7, 11) is 0. The molecule has 1 atom stereocenters. The summed E-state index contributed by atoms with van der Waals surface area (Å²) in [6.45, 7) is 3.91. The lowest BCUT2D eigenvalue weighted by molar-refractivity contribution is -0.120. The number of rotatable bonds is 3. The molecule has 5 heteroatoms. The minimum Gasteiger partial charge on any atom is -0.359 e. The van der Waals surface area contributed by atoms with Crippen LogP contribution in [0.2, 0.25) is 0 Å². The van der Waals surface area contributed by atoms with Crippen LogP contribution in [0, 0.1) is 6.92 Å². The molecule has 1 aromatic heterocycles. The van der Waals surface area contributed by atoms with Gasteiger partial charge in [0.25, 0.3) is 0 Å². The molecule has 0 aliphatic heterocycles. The second kappa shape index (κ2) is 4.32. The number of thiol groups is 1. The molecule has 0 fully saturated rings. The monoisotopic (exact) mass is 200 g/mol. The lowest BCUT2D eigenvalue weighted by Crippen LogP contribution is -2.28. The van der Waals surface area contributed by atoms with E-state index in [-0.39, 0.29) is 11.2 Å². The maximum absolute atomic E-state index is 11.1. The maximum Gasteiger partial charge on any atom is 0.232 e. The van der Waals surface area contributed by atoms with Crippen LogP contribution in [0.5, 0.6) is 0 Å². The molecule has 0 radical (unpaired) electrons. The van der Waals surface area contributed by atoms with Crippen molar-refractivity contribution in [2.75, 3.05) is 0 Å². The third-order valence-electron chi connectivity index (χ3n) is 1.49. The van der Waals surface area contributed by atoms with E-state index < -0.39 is 0 Å². The Balaban J connectivity index is 2.39. The van der Waals surface area contributed by atoms with Gasteiger partial charge < -0.3 is 9.84 Å². The highest BCUT2D eigenvalue weighted by molar-refractivity contribution is 7.81. The van der Waals surface area contributed by atoms with Crippen molar-refractivity contribution in [1.82, 2.24) is 10.5 Å². The van der Waals surface area contributed by atoms with Crippen molar-refractivity contribution in [2.24, 2.45) is 0 Å². The number of carbonyl (C=O) groups is 1. The summed E-state index contributed by atoms with van der Waals surface area (Å²) >= 11 is 3.99. The van der Waals surface area contributed by atoms with Crippen molar-refractivity contribution in [2.45, 2.75) is 25.6 Å². The fraction of sp³-hybridized carbons (Fsp3) is 0.500. The Morgan fingerprint density at radius 3 is 3.00 bits per heavy atom. The lowest BCUT2D eigenvalue weighted by atomic mass is 10.3. The average Bonchev–Trinajstić information content (AvgIpc) is 2.47. The molecule has 1 N–H and O–H groups in total. The van der Waals surface area contributed by atoms with Gasteiger partial charge in [0.05, 0.1) is 17.5 Å². The average molecular weight is 200 g/mol. The van der Waals surface area contributed by atoms with Gasteiger partial charge in [-0.15, -0.1) is 0 Å². The highest BCUT2D eigenvalue weighted by atomic mass is 32.1. The van der Waals surface area contributed by atoms with Crippen LogP contribution in [0.1, 0.15) is 18.4 Å². The first-order valence-corrected chi connectivity index (χ1v) is 4.49. The third kappa shape index (κ3) is 3.10. The summed E-state index contributed by atoms with van der Waals surface area (Å²) in [5, 5.41) is 6.05. The topological polar surface area (TPSA) is 55.1 Å². The first-order valence-electron chi connectivity index (χ1n) is 3.97. The predicted octanol–water partition coefficient (Wildman–Crippen LogP) is 0.918. The van der Waals surface area contributed by atoms with Gasteiger partial charge in [-0.3, -0.25) is 4.79 Å². The molecule has 13 heavy (non-hydrogen) atoms. The Labute approximate surface area is 82.1 Å². The van der Waals surface area contributed by atoms with Crippen LogP contribution in [0.3, 0.4) is 0 Å². The number of nitrogens with one attached hydrogen (secondary N) is 1. The standard InChI is InChI=1S/C8H12N2O2S/c1-5-3-7(12-10-5)4-9-8(11)6(2)13/h3,6,13H,4H2,1-2H3,(H,9,11). The molecule has 1 heterocycles. The highest BCUT2D eigenvalue weighted by Crippen LogP contribution is 2.01. The van der Waals surface area contributed by atoms with Crippen LogP contribution in [-0.2, 0) is 11.3 Å². The maximum atomic E-state index is 11.1. The van der Waals surface area contributed by atoms with E-state index in [2.05, 4.69) is 23.1 Å². The quantitative estimate of drug-likeness (QED) is 0.713. The summed E-state index contributed by atoms with van der Waals surface area (Å²) < 4.78 is 4.90. The van der Waals surface area contributed by atoms with E-state index in [1.807, 2.05) is 6.92 Å². The van der Waals surface area contributed by atoms with Crippen LogP contribution < -0.4 is 5.32 Å². The van der Waals surface area contributed by atoms with E-state index in [4.69, 9.17) is 4.52 Å². The van der Waals surface area contributed by atoms with Gasteiger partial charge in [0.1, 0.15) is 0 Å². The van der Waals surface area contributed by atoms with E-state index >= 15 is 0 Å². The first-order chi connectivity index (χ1) is 6.09. The molecule has 0 aliphatic carbocycles. The van der Waals surface area contributed by atoms with Gasteiger partial charge in [-0.05, 0) is 13.8 Å². The predicted molar refractivity (Wildman–Crippen MR) is 51.5 cm³/mol. The molecule has 0 saturated heterocycles. The SMILES string of the molecule is Cc1cc(CNC(=O)C(C)S)on1. The number of amides is 1. The zero-order valence-corrected chi connectivity index (χ0v) is 8.47. The summed E-state index contributed by atoms with van der Waals surface area (Å²) in [5.74, 6) is 0.539. The van der Waals surface area contributed by atoms with Crippen LogP contribution >= 0.6 is 12.6 Å². The van der Waals surface area contributed by atoms with Crippen LogP contribution in [0.15, 0.2) is 10.6 Å². The normalized spacial score (nSPS) is 12.5. The minimum atomic E-state index is -0.302. The molecule has 1 rings (SSSR count). The highest BCUT2D eigenvalue weighted by Gasteiger charge is 2.08. The largest absolute Gasteiger partial charge is 0.359 e. The van der Waals surface area contributed by atoms with Crippen LogP contribution in [0.25, 0.3) is 0 Å². The molecule has 72 valence electrons. The Morgan fingerprint density at radius 2 is 2.54 bits per heavy atom. The summed E-state index contributed by atoms with van der Waals surface area (Å²) in [4.78, 5) is 11.1. The van der Waals surface area contributed by atoms with Crippen molar-refractivity contribution in [1.29, 1.82) is 0 Å². The molecule has 0 spiro atoms. The number of hydrogen-bond donors (Lipinski definition) is 2. The van der Waals surface area contributed by atoms with E-state index in [9.17, 15) is 4.79 Å². The van der Waals surface area contributed by atoms with Crippen LogP contribution in [-0.4, -0.2) is 16.3 Å². The van der Waals surface area contributed by atoms with Crippen LogP contribution in [0.4, 0.5) is 0 Å². The number of aromatic nitrogens is 1.